The van der Waals surface area contributed by atoms with Gasteiger partial charge in [-0.1, -0.05) is 13.8 Å². The van der Waals surface area contributed by atoms with E-state index in [4.69, 9.17) is 13.8 Å². The van der Waals surface area contributed by atoms with E-state index < -0.39 is 0 Å². The number of rotatable bonds is 8. The predicted molar refractivity (Wildman–Crippen MR) is 58.6 cm³/mol. The Kier molecular flexibility index (Phi) is 9.56. The molecule has 0 spiro atoms. The molecule has 0 amide bonds. The molecule has 2 unspecified atom stereocenters. The Morgan fingerprint density at radius 2 is 1.38 bits per heavy atom. The fourth-order valence-electron chi connectivity index (χ4n) is 0.589. The van der Waals surface area contributed by atoms with Crippen LogP contribution in [0.1, 0.15) is 26.7 Å². The second-order valence-corrected chi connectivity index (χ2v) is 4.95. The van der Waals surface area contributed by atoms with Crippen LogP contribution in [-0.4, -0.2) is 33.9 Å². The van der Waals surface area contributed by atoms with Crippen LogP contribution in [0.15, 0.2) is 0 Å². The summed E-state index contributed by atoms with van der Waals surface area (Å²) in [5.74, 6) is 0. The van der Waals surface area contributed by atoms with Crippen molar-refractivity contribution >= 4 is 24.1 Å². The maximum atomic E-state index is 8.85. The molecule has 0 aliphatic carbocycles. The maximum Gasteiger partial charge on any atom is 0.0572 e. The molecule has 3 nitrogen and oxygen atoms in total. The topological polar surface area (TPSA) is 49.7 Å². The Labute approximate surface area is 88.7 Å². The van der Waals surface area contributed by atoms with E-state index in [-0.39, 0.29) is 23.7 Å². The van der Waals surface area contributed by atoms with Crippen LogP contribution in [0, 0.1) is 0 Å². The highest BCUT2D eigenvalue weighted by Crippen LogP contribution is 2.26. The molecule has 0 aliphatic rings. The van der Waals surface area contributed by atoms with Crippen molar-refractivity contribution in [1.82, 2.24) is 0 Å². The van der Waals surface area contributed by atoms with Gasteiger partial charge < -0.3 is 10.2 Å². The molecule has 0 aromatic carbocycles. The van der Waals surface area contributed by atoms with Gasteiger partial charge in [0.05, 0.1) is 23.7 Å². The first kappa shape index (κ1) is 13.6. The summed E-state index contributed by atoms with van der Waals surface area (Å²) >= 11 is 2.56. The number of aliphatic hydroxyl groups is 2. The third-order valence-corrected chi connectivity index (χ3v) is 3.81. The average Bonchev–Trinajstić information content (AvgIpc) is 2.19. The van der Waals surface area contributed by atoms with E-state index in [9.17, 15) is 0 Å². The van der Waals surface area contributed by atoms with Gasteiger partial charge in [-0.25, -0.2) is 3.63 Å². The summed E-state index contributed by atoms with van der Waals surface area (Å²) in [7, 11) is 0. The third-order valence-electron chi connectivity index (χ3n) is 1.67. The summed E-state index contributed by atoms with van der Waals surface area (Å²) in [5.41, 5.74) is 0. The summed E-state index contributed by atoms with van der Waals surface area (Å²) in [6.07, 6.45) is 1.77. The number of hydrogen-bond acceptors (Lipinski definition) is 5. The van der Waals surface area contributed by atoms with Crippen molar-refractivity contribution in [3.8, 4) is 0 Å². The second kappa shape index (κ2) is 9.15. The Balaban J connectivity index is 3.41. The lowest BCUT2D eigenvalue weighted by molar-refractivity contribution is 0.289. The molecule has 0 radical (unpaired) electrons. The van der Waals surface area contributed by atoms with Crippen molar-refractivity contribution in [2.45, 2.75) is 37.2 Å². The van der Waals surface area contributed by atoms with Gasteiger partial charge in [0.1, 0.15) is 0 Å². The Hall–Kier alpha value is 0.580. The Morgan fingerprint density at radius 3 is 1.62 bits per heavy atom. The molecule has 0 aromatic rings. The molecule has 5 heteroatoms. The van der Waals surface area contributed by atoms with Crippen molar-refractivity contribution in [2.24, 2.45) is 0 Å². The smallest absolute Gasteiger partial charge is 0.0572 e. The quantitative estimate of drug-likeness (QED) is 0.619. The van der Waals surface area contributed by atoms with E-state index in [0.717, 1.165) is 12.8 Å². The van der Waals surface area contributed by atoms with Crippen LogP contribution < -0.4 is 0 Å². The Bertz CT molecular complexity index is 93.6. The van der Waals surface area contributed by atoms with Crippen LogP contribution in [0.3, 0.4) is 0 Å². The van der Waals surface area contributed by atoms with Gasteiger partial charge in [0.25, 0.3) is 0 Å². The monoisotopic (exact) mass is 226 g/mol. The van der Waals surface area contributed by atoms with Crippen molar-refractivity contribution in [1.29, 1.82) is 0 Å². The highest BCUT2D eigenvalue weighted by Gasteiger charge is 2.10. The second-order valence-electron chi connectivity index (χ2n) is 2.69. The summed E-state index contributed by atoms with van der Waals surface area (Å²) in [6, 6.07) is 0. The molecular weight excluding hydrogens is 208 g/mol. The van der Waals surface area contributed by atoms with Gasteiger partial charge in [-0.05, 0) is 12.8 Å². The molecule has 2 N–H and O–H groups in total. The molecule has 0 aromatic heterocycles. The lowest BCUT2D eigenvalue weighted by atomic mass is 10.3. The molecule has 0 fully saturated rings. The van der Waals surface area contributed by atoms with E-state index in [0.29, 0.717) is 0 Å². The van der Waals surface area contributed by atoms with E-state index in [2.05, 4.69) is 0 Å². The summed E-state index contributed by atoms with van der Waals surface area (Å²) in [6.45, 7) is 4.28. The van der Waals surface area contributed by atoms with Crippen LogP contribution >= 0.6 is 24.1 Å². The fraction of sp³-hybridized carbons (Fsp3) is 1.00. The summed E-state index contributed by atoms with van der Waals surface area (Å²) in [5, 5.41) is 18.0. The molecule has 13 heavy (non-hydrogen) atoms. The van der Waals surface area contributed by atoms with Crippen LogP contribution in [-0.2, 0) is 3.63 Å². The van der Waals surface area contributed by atoms with Crippen LogP contribution in [0.4, 0.5) is 0 Å². The first-order valence-electron chi connectivity index (χ1n) is 4.48. The molecule has 0 heterocycles. The Morgan fingerprint density at radius 1 is 1.00 bits per heavy atom. The lowest BCUT2D eigenvalue weighted by Crippen LogP contribution is -2.09. The normalized spacial score (nSPS) is 15.7. The van der Waals surface area contributed by atoms with E-state index in [1.165, 1.54) is 24.1 Å². The first-order valence-corrected chi connectivity index (χ1v) is 6.09. The first-order chi connectivity index (χ1) is 6.28. The maximum absolute atomic E-state index is 8.85. The minimum absolute atomic E-state index is 0.137. The molecule has 0 saturated heterocycles. The molecule has 0 saturated carbocycles. The number of hydrogen-bond donors (Lipinski definition) is 2. The zero-order valence-electron chi connectivity index (χ0n) is 8.10. The standard InChI is InChI=1S/C8H18O3S2/c1-3-7(5-9)12-11-13-8(4-2)6-10/h7-10H,3-6H2,1-2H3. The molecule has 0 aliphatic heterocycles. The van der Waals surface area contributed by atoms with E-state index in [1.807, 2.05) is 13.8 Å². The molecule has 2 atom stereocenters. The van der Waals surface area contributed by atoms with Crippen molar-refractivity contribution in [3.63, 3.8) is 0 Å². The van der Waals surface area contributed by atoms with E-state index in [1.54, 1.807) is 0 Å². The molecular formula is C8H18O3S2. The zero-order valence-corrected chi connectivity index (χ0v) is 9.74. The minimum atomic E-state index is 0.137. The largest absolute Gasteiger partial charge is 0.395 e. The van der Waals surface area contributed by atoms with Crippen LogP contribution in [0.2, 0.25) is 0 Å². The SMILES string of the molecule is CCC(CO)SOSC(CC)CO. The minimum Gasteiger partial charge on any atom is -0.395 e. The van der Waals surface area contributed by atoms with Gasteiger partial charge >= 0.3 is 0 Å². The zero-order chi connectivity index (χ0) is 10.1. The fourth-order valence-corrected chi connectivity index (χ4v) is 2.05. The molecule has 0 bridgehead atoms. The predicted octanol–water partition coefficient (Wildman–Crippen LogP) is 1.84. The molecule has 0 rings (SSSR count). The van der Waals surface area contributed by atoms with Gasteiger partial charge in [-0.15, -0.1) is 0 Å². The van der Waals surface area contributed by atoms with Gasteiger partial charge in [-0.3, -0.25) is 0 Å². The average molecular weight is 226 g/mol. The van der Waals surface area contributed by atoms with Crippen LogP contribution in [0.25, 0.3) is 0 Å². The van der Waals surface area contributed by atoms with Crippen molar-refractivity contribution < 1.29 is 13.8 Å². The summed E-state index contributed by atoms with van der Waals surface area (Å²) < 4.78 is 5.23. The van der Waals surface area contributed by atoms with Gasteiger partial charge in [0.15, 0.2) is 0 Å². The highest BCUT2D eigenvalue weighted by molar-refractivity contribution is 8.08. The molecule has 80 valence electrons. The van der Waals surface area contributed by atoms with Crippen molar-refractivity contribution in [2.75, 3.05) is 13.2 Å². The van der Waals surface area contributed by atoms with Gasteiger partial charge in [0.2, 0.25) is 0 Å². The van der Waals surface area contributed by atoms with Gasteiger partial charge in [-0.2, -0.15) is 0 Å². The van der Waals surface area contributed by atoms with Crippen molar-refractivity contribution in [3.05, 3.63) is 0 Å². The summed E-state index contributed by atoms with van der Waals surface area (Å²) in [4.78, 5) is 0. The van der Waals surface area contributed by atoms with Crippen LogP contribution in [0.5, 0.6) is 0 Å². The lowest BCUT2D eigenvalue weighted by Gasteiger charge is -2.12. The number of aliphatic hydroxyl groups excluding tert-OH is 2. The third kappa shape index (κ3) is 6.62. The van der Waals surface area contributed by atoms with E-state index >= 15 is 0 Å². The van der Waals surface area contributed by atoms with Gasteiger partial charge in [0, 0.05) is 24.1 Å². The highest BCUT2D eigenvalue weighted by atomic mass is 32.2.